The van der Waals surface area contributed by atoms with Crippen LogP contribution in [0, 0.1) is 5.82 Å². The summed E-state index contributed by atoms with van der Waals surface area (Å²) in [5, 5.41) is 1.13. The van der Waals surface area contributed by atoms with E-state index >= 15 is 0 Å². The lowest BCUT2D eigenvalue weighted by atomic mass is 10.1. The lowest BCUT2D eigenvalue weighted by molar-refractivity contribution is 0.301. The smallest absolute Gasteiger partial charge is 0.258 e. The average molecular weight is 312 g/mol. The van der Waals surface area contributed by atoms with E-state index in [1.807, 2.05) is 12.1 Å². The summed E-state index contributed by atoms with van der Waals surface area (Å²) in [6, 6.07) is 13.2. The van der Waals surface area contributed by atoms with Crippen molar-refractivity contribution in [2.24, 2.45) is 0 Å². The molecule has 23 heavy (non-hydrogen) atoms. The fourth-order valence-corrected chi connectivity index (χ4v) is 2.46. The van der Waals surface area contributed by atoms with Crippen molar-refractivity contribution in [1.29, 1.82) is 0 Å². The Kier molecular flexibility index (Phi) is 4.28. The van der Waals surface area contributed by atoms with Crippen molar-refractivity contribution in [3.63, 3.8) is 0 Å². The van der Waals surface area contributed by atoms with E-state index in [9.17, 15) is 9.18 Å². The topological polar surface area (TPSA) is 57.2 Å². The van der Waals surface area contributed by atoms with Crippen molar-refractivity contribution in [1.82, 2.24) is 4.57 Å². The van der Waals surface area contributed by atoms with Gasteiger partial charge in [0.15, 0.2) is 0 Å². The SMILES string of the molecule is Nc1cccc(OCCCn2ccc3cc(F)ccc3c2=O)c1. The van der Waals surface area contributed by atoms with Gasteiger partial charge in [0.25, 0.3) is 5.56 Å². The molecule has 0 saturated carbocycles. The number of ether oxygens (including phenoxy) is 1. The lowest BCUT2D eigenvalue weighted by Gasteiger charge is -2.09. The van der Waals surface area contributed by atoms with Gasteiger partial charge in [-0.25, -0.2) is 4.39 Å². The third kappa shape index (κ3) is 3.51. The van der Waals surface area contributed by atoms with Crippen molar-refractivity contribution in [3.05, 3.63) is 70.9 Å². The number of pyridine rings is 1. The molecule has 118 valence electrons. The molecule has 0 aliphatic carbocycles. The van der Waals surface area contributed by atoms with Gasteiger partial charge in [0, 0.05) is 29.9 Å². The van der Waals surface area contributed by atoms with Crippen LogP contribution in [0.4, 0.5) is 10.1 Å². The number of aromatic nitrogens is 1. The maximum Gasteiger partial charge on any atom is 0.258 e. The molecular weight excluding hydrogens is 295 g/mol. The van der Waals surface area contributed by atoms with Crippen LogP contribution in [-0.4, -0.2) is 11.2 Å². The molecule has 0 amide bonds. The molecule has 4 nitrogen and oxygen atoms in total. The van der Waals surface area contributed by atoms with E-state index in [0.29, 0.717) is 41.8 Å². The molecule has 5 heteroatoms. The van der Waals surface area contributed by atoms with Gasteiger partial charge in [0.2, 0.25) is 0 Å². The Labute approximate surface area is 132 Å². The quantitative estimate of drug-likeness (QED) is 0.581. The van der Waals surface area contributed by atoms with Crippen LogP contribution < -0.4 is 16.0 Å². The number of nitrogens with two attached hydrogens (primary N) is 1. The molecule has 0 aliphatic heterocycles. The Morgan fingerprint density at radius 2 is 2.00 bits per heavy atom. The van der Waals surface area contributed by atoms with E-state index in [2.05, 4.69) is 0 Å². The first-order valence-electron chi connectivity index (χ1n) is 7.40. The Morgan fingerprint density at radius 3 is 2.83 bits per heavy atom. The van der Waals surface area contributed by atoms with Crippen LogP contribution in [0.25, 0.3) is 10.8 Å². The van der Waals surface area contributed by atoms with Crippen LogP contribution in [0.15, 0.2) is 59.5 Å². The molecule has 0 radical (unpaired) electrons. The first-order valence-corrected chi connectivity index (χ1v) is 7.40. The maximum atomic E-state index is 13.2. The monoisotopic (exact) mass is 312 g/mol. The first-order chi connectivity index (χ1) is 11.1. The van der Waals surface area contributed by atoms with Gasteiger partial charge < -0.3 is 15.0 Å². The number of nitrogen functional groups attached to an aromatic ring is 1. The molecule has 0 aliphatic rings. The number of halogens is 1. The highest BCUT2D eigenvalue weighted by molar-refractivity contribution is 5.81. The Bertz CT molecular complexity index is 890. The Balaban J connectivity index is 1.64. The zero-order valence-electron chi connectivity index (χ0n) is 12.5. The molecule has 0 unspecified atom stereocenters. The summed E-state index contributed by atoms with van der Waals surface area (Å²) in [7, 11) is 0. The molecule has 3 aromatic rings. The predicted molar refractivity (Wildman–Crippen MR) is 89.1 cm³/mol. The lowest BCUT2D eigenvalue weighted by Crippen LogP contribution is -2.20. The fourth-order valence-electron chi connectivity index (χ4n) is 2.46. The summed E-state index contributed by atoms with van der Waals surface area (Å²) in [6.07, 6.45) is 2.37. The molecule has 1 aromatic heterocycles. The normalized spacial score (nSPS) is 10.8. The number of rotatable bonds is 5. The van der Waals surface area contributed by atoms with Crippen LogP contribution in [0.2, 0.25) is 0 Å². The van der Waals surface area contributed by atoms with E-state index in [0.717, 1.165) is 0 Å². The third-order valence-electron chi connectivity index (χ3n) is 3.61. The molecule has 0 fully saturated rings. The minimum Gasteiger partial charge on any atom is -0.493 e. The second-order valence-electron chi connectivity index (χ2n) is 5.32. The van der Waals surface area contributed by atoms with Gasteiger partial charge in [-0.3, -0.25) is 4.79 Å². The van der Waals surface area contributed by atoms with Gasteiger partial charge in [-0.05, 0) is 48.2 Å². The van der Waals surface area contributed by atoms with E-state index in [1.54, 1.807) is 29.0 Å². The summed E-state index contributed by atoms with van der Waals surface area (Å²) in [4.78, 5) is 12.3. The van der Waals surface area contributed by atoms with Crippen LogP contribution in [0.1, 0.15) is 6.42 Å². The van der Waals surface area contributed by atoms with Gasteiger partial charge in [-0.15, -0.1) is 0 Å². The molecular formula is C18H17FN2O2. The number of aryl methyl sites for hydroxylation is 1. The highest BCUT2D eigenvalue weighted by Gasteiger charge is 2.04. The summed E-state index contributed by atoms with van der Waals surface area (Å²) in [5.74, 6) is 0.372. The summed E-state index contributed by atoms with van der Waals surface area (Å²) < 4.78 is 20.4. The zero-order chi connectivity index (χ0) is 16.2. The Morgan fingerprint density at radius 1 is 1.13 bits per heavy atom. The van der Waals surface area contributed by atoms with Crippen LogP contribution in [0.5, 0.6) is 5.75 Å². The molecule has 2 aromatic carbocycles. The molecule has 3 rings (SSSR count). The van der Waals surface area contributed by atoms with Crippen molar-refractivity contribution < 1.29 is 9.13 Å². The van der Waals surface area contributed by atoms with E-state index < -0.39 is 0 Å². The van der Waals surface area contributed by atoms with E-state index in [4.69, 9.17) is 10.5 Å². The van der Waals surface area contributed by atoms with Gasteiger partial charge in [-0.1, -0.05) is 6.07 Å². The van der Waals surface area contributed by atoms with E-state index in [-0.39, 0.29) is 11.4 Å². The number of nitrogens with zero attached hydrogens (tertiary/aromatic N) is 1. The van der Waals surface area contributed by atoms with Crippen molar-refractivity contribution >= 4 is 16.5 Å². The third-order valence-corrected chi connectivity index (χ3v) is 3.61. The van der Waals surface area contributed by atoms with Crippen molar-refractivity contribution in [2.45, 2.75) is 13.0 Å². The summed E-state index contributed by atoms with van der Waals surface area (Å²) in [5.41, 5.74) is 6.22. The van der Waals surface area contributed by atoms with Crippen molar-refractivity contribution in [2.75, 3.05) is 12.3 Å². The number of hydrogen-bond acceptors (Lipinski definition) is 3. The van der Waals surface area contributed by atoms with Crippen LogP contribution >= 0.6 is 0 Å². The fraction of sp³-hybridized carbons (Fsp3) is 0.167. The van der Waals surface area contributed by atoms with Crippen molar-refractivity contribution in [3.8, 4) is 5.75 Å². The minimum absolute atomic E-state index is 0.119. The van der Waals surface area contributed by atoms with Gasteiger partial charge in [0.05, 0.1) is 6.61 Å². The van der Waals surface area contributed by atoms with Gasteiger partial charge in [-0.2, -0.15) is 0 Å². The van der Waals surface area contributed by atoms with Gasteiger partial charge in [0.1, 0.15) is 11.6 Å². The second-order valence-corrected chi connectivity index (χ2v) is 5.32. The number of hydrogen-bond donors (Lipinski definition) is 1. The highest BCUT2D eigenvalue weighted by atomic mass is 19.1. The summed E-state index contributed by atoms with van der Waals surface area (Å²) in [6.45, 7) is 1.02. The van der Waals surface area contributed by atoms with Gasteiger partial charge >= 0.3 is 0 Å². The Hall–Kier alpha value is -2.82. The predicted octanol–water partition coefficient (Wildman–Crippen LogP) is 3.19. The molecule has 2 N–H and O–H groups in total. The molecule has 0 atom stereocenters. The average Bonchev–Trinajstić information content (AvgIpc) is 2.53. The molecule has 0 spiro atoms. The van der Waals surface area contributed by atoms with Crippen LogP contribution in [0.3, 0.4) is 0 Å². The molecule has 1 heterocycles. The summed E-state index contributed by atoms with van der Waals surface area (Å²) >= 11 is 0. The molecule has 0 bridgehead atoms. The highest BCUT2D eigenvalue weighted by Crippen LogP contribution is 2.15. The molecule has 0 saturated heterocycles. The number of fused-ring (bicyclic) bond motifs is 1. The number of anilines is 1. The van der Waals surface area contributed by atoms with Crippen LogP contribution in [-0.2, 0) is 6.54 Å². The first kappa shape index (κ1) is 15.1. The van der Waals surface area contributed by atoms with E-state index in [1.165, 1.54) is 18.2 Å². The second kappa shape index (κ2) is 6.52. The largest absolute Gasteiger partial charge is 0.493 e. The number of benzene rings is 2. The standard InChI is InChI=1S/C18H17FN2O2/c19-14-5-6-17-13(11-14)7-9-21(18(17)22)8-2-10-23-16-4-1-3-15(20)12-16/h1,3-7,9,11-12H,2,8,10,20H2. The maximum absolute atomic E-state index is 13.2. The minimum atomic E-state index is -0.342. The zero-order valence-corrected chi connectivity index (χ0v) is 12.5.